The smallest absolute Gasteiger partial charge is 0.277 e. The molecule has 4 rings (SSSR count). The van der Waals surface area contributed by atoms with Crippen molar-refractivity contribution in [2.45, 2.75) is 13.3 Å². The number of nitrogens with zero attached hydrogens (tertiary/aromatic N) is 4. The van der Waals surface area contributed by atoms with Crippen LogP contribution in [0.5, 0.6) is 5.75 Å². The molecule has 4 aromatic rings. The molecule has 164 valence electrons. The quantitative estimate of drug-likeness (QED) is 0.297. The van der Waals surface area contributed by atoms with Crippen molar-refractivity contribution in [2.75, 3.05) is 5.32 Å². The van der Waals surface area contributed by atoms with Gasteiger partial charge in [0.25, 0.3) is 5.91 Å². The Morgan fingerprint density at radius 2 is 1.75 bits per heavy atom. The molecule has 32 heavy (non-hydrogen) atoms. The number of hydrogen-bond donors (Lipinski definition) is 1. The first kappa shape index (κ1) is 22.7. The predicted octanol–water partition coefficient (Wildman–Crippen LogP) is 6.14. The van der Waals surface area contributed by atoms with Crippen LogP contribution in [0.2, 0.25) is 15.1 Å². The number of ether oxygens (including phenoxy) is 1. The molecule has 2 heterocycles. The van der Waals surface area contributed by atoms with Crippen molar-refractivity contribution >= 4 is 62.5 Å². The highest BCUT2D eigenvalue weighted by Gasteiger charge is 2.15. The Morgan fingerprint density at radius 3 is 2.50 bits per heavy atom. The van der Waals surface area contributed by atoms with Gasteiger partial charge in [-0.2, -0.15) is 10.2 Å². The molecule has 0 saturated carbocycles. The number of aromatic nitrogens is 4. The highest BCUT2D eigenvalue weighted by Crippen LogP contribution is 2.25. The molecular weight excluding hydrogens is 541 g/mol. The van der Waals surface area contributed by atoms with Crippen molar-refractivity contribution in [3.63, 3.8) is 0 Å². The van der Waals surface area contributed by atoms with Crippen LogP contribution in [0.15, 0.2) is 65.4 Å². The van der Waals surface area contributed by atoms with Crippen LogP contribution in [0.4, 0.5) is 5.82 Å². The third kappa shape index (κ3) is 5.63. The molecular formula is C21H15BrCl3N5O2. The van der Waals surface area contributed by atoms with Crippen molar-refractivity contribution < 1.29 is 9.53 Å². The number of carbonyl (C=O) groups excluding carboxylic acids is 1. The Morgan fingerprint density at radius 1 is 0.969 bits per heavy atom. The summed E-state index contributed by atoms with van der Waals surface area (Å²) in [5.41, 5.74) is 1.10. The van der Waals surface area contributed by atoms with Gasteiger partial charge in [0, 0.05) is 16.9 Å². The van der Waals surface area contributed by atoms with E-state index < -0.39 is 5.91 Å². The highest BCUT2D eigenvalue weighted by molar-refractivity contribution is 9.10. The molecule has 11 heteroatoms. The van der Waals surface area contributed by atoms with Crippen molar-refractivity contribution in [1.29, 1.82) is 0 Å². The van der Waals surface area contributed by atoms with E-state index in [9.17, 15) is 4.79 Å². The standard InChI is InChI=1S/C21H15BrCl3N5O2/c22-14-2-4-15(5-3-14)32-12-29-8-7-19(27-29)21(31)26-20-18(25)11-30(28-20)10-13-1-6-16(23)17(24)9-13/h1-9,11H,10,12H2,(H,26,28,31). The summed E-state index contributed by atoms with van der Waals surface area (Å²) >= 11 is 21.6. The summed E-state index contributed by atoms with van der Waals surface area (Å²) in [5, 5.41) is 12.5. The topological polar surface area (TPSA) is 74.0 Å². The lowest BCUT2D eigenvalue weighted by atomic mass is 10.2. The number of carbonyl (C=O) groups is 1. The molecule has 0 bridgehead atoms. The first-order valence-corrected chi connectivity index (χ1v) is 11.2. The number of benzene rings is 2. The number of halogens is 4. The van der Waals surface area contributed by atoms with Crippen molar-refractivity contribution in [3.8, 4) is 5.75 Å². The van der Waals surface area contributed by atoms with Gasteiger partial charge in [-0.3, -0.25) is 9.48 Å². The molecule has 0 aliphatic rings. The van der Waals surface area contributed by atoms with Gasteiger partial charge in [0.2, 0.25) is 0 Å². The van der Waals surface area contributed by atoms with Crippen LogP contribution >= 0.6 is 50.7 Å². The van der Waals surface area contributed by atoms with Crippen LogP contribution in [0.25, 0.3) is 0 Å². The highest BCUT2D eigenvalue weighted by atomic mass is 79.9. The number of rotatable bonds is 7. The second-order valence-electron chi connectivity index (χ2n) is 6.69. The van der Waals surface area contributed by atoms with Crippen LogP contribution in [-0.2, 0) is 13.3 Å². The zero-order chi connectivity index (χ0) is 22.7. The van der Waals surface area contributed by atoms with Gasteiger partial charge in [-0.25, -0.2) is 4.68 Å². The minimum absolute atomic E-state index is 0.161. The maximum Gasteiger partial charge on any atom is 0.277 e. The van der Waals surface area contributed by atoms with Gasteiger partial charge < -0.3 is 10.1 Å². The SMILES string of the molecule is O=C(Nc1nn(Cc2ccc(Cl)c(Cl)c2)cc1Cl)c1ccn(COc2ccc(Br)cc2)n1. The summed E-state index contributed by atoms with van der Waals surface area (Å²) in [4.78, 5) is 12.6. The fourth-order valence-electron chi connectivity index (χ4n) is 2.79. The molecule has 2 aromatic heterocycles. The molecule has 1 N–H and O–H groups in total. The second kappa shape index (κ2) is 9.95. The van der Waals surface area contributed by atoms with E-state index in [4.69, 9.17) is 39.5 Å². The Bertz CT molecular complexity index is 1260. The summed E-state index contributed by atoms with van der Waals surface area (Å²) in [6.45, 7) is 0.572. The summed E-state index contributed by atoms with van der Waals surface area (Å²) in [6, 6.07) is 14.3. The van der Waals surface area contributed by atoms with Crippen LogP contribution < -0.4 is 10.1 Å². The van der Waals surface area contributed by atoms with Crippen molar-refractivity contribution in [1.82, 2.24) is 19.6 Å². The van der Waals surface area contributed by atoms with E-state index in [1.807, 2.05) is 30.3 Å². The number of amides is 1. The molecule has 0 saturated heterocycles. The molecule has 0 atom stereocenters. The Balaban J connectivity index is 1.37. The molecule has 2 aromatic carbocycles. The first-order valence-electron chi connectivity index (χ1n) is 9.27. The predicted molar refractivity (Wildman–Crippen MR) is 128 cm³/mol. The lowest BCUT2D eigenvalue weighted by molar-refractivity contribution is 0.101. The molecule has 1 amide bonds. The minimum Gasteiger partial charge on any atom is -0.471 e. The maximum atomic E-state index is 12.6. The average molecular weight is 556 g/mol. The van der Waals surface area contributed by atoms with Gasteiger partial charge in [-0.05, 0) is 48.0 Å². The van der Waals surface area contributed by atoms with Crippen LogP contribution in [0.3, 0.4) is 0 Å². The van der Waals surface area contributed by atoms with Gasteiger partial charge in [0.15, 0.2) is 18.2 Å². The Kier molecular flexibility index (Phi) is 7.05. The zero-order valence-corrected chi connectivity index (χ0v) is 20.2. The van der Waals surface area contributed by atoms with Crippen molar-refractivity contribution in [3.05, 3.63) is 91.7 Å². The summed E-state index contributed by atoms with van der Waals surface area (Å²) in [6.07, 6.45) is 3.27. The van der Waals surface area contributed by atoms with Crippen LogP contribution in [0.1, 0.15) is 16.1 Å². The maximum absolute atomic E-state index is 12.6. The number of nitrogens with one attached hydrogen (secondary N) is 1. The fraction of sp³-hybridized carbons (Fsp3) is 0.0952. The zero-order valence-electron chi connectivity index (χ0n) is 16.3. The number of anilines is 1. The van der Waals surface area contributed by atoms with Gasteiger partial charge in [-0.1, -0.05) is 56.8 Å². The van der Waals surface area contributed by atoms with Gasteiger partial charge in [0.05, 0.1) is 16.6 Å². The molecule has 0 unspecified atom stereocenters. The largest absolute Gasteiger partial charge is 0.471 e. The lowest BCUT2D eigenvalue weighted by Gasteiger charge is -2.06. The molecule has 7 nitrogen and oxygen atoms in total. The Hall–Kier alpha value is -2.52. The fourth-order valence-corrected chi connectivity index (χ4v) is 3.57. The van der Waals surface area contributed by atoms with E-state index in [-0.39, 0.29) is 18.2 Å². The van der Waals surface area contributed by atoms with Crippen LogP contribution in [-0.4, -0.2) is 25.5 Å². The molecule has 0 fully saturated rings. The van der Waals surface area contributed by atoms with Gasteiger partial charge >= 0.3 is 0 Å². The third-order valence-corrected chi connectivity index (χ3v) is 5.87. The van der Waals surface area contributed by atoms with E-state index >= 15 is 0 Å². The second-order valence-corrected chi connectivity index (χ2v) is 8.83. The van der Waals surface area contributed by atoms with E-state index in [0.29, 0.717) is 27.4 Å². The van der Waals surface area contributed by atoms with Crippen LogP contribution in [0, 0.1) is 0 Å². The molecule has 0 aliphatic heterocycles. The first-order chi connectivity index (χ1) is 15.4. The van der Waals surface area contributed by atoms with E-state index in [1.54, 1.807) is 35.3 Å². The summed E-state index contributed by atoms with van der Waals surface area (Å²) in [7, 11) is 0. The van der Waals surface area contributed by atoms with Gasteiger partial charge in [0.1, 0.15) is 10.8 Å². The molecule has 0 aliphatic carbocycles. The summed E-state index contributed by atoms with van der Waals surface area (Å²) in [5.74, 6) is 0.487. The minimum atomic E-state index is -0.436. The van der Waals surface area contributed by atoms with Gasteiger partial charge in [-0.15, -0.1) is 0 Å². The molecule has 0 spiro atoms. The Labute approximate surface area is 207 Å². The summed E-state index contributed by atoms with van der Waals surface area (Å²) < 4.78 is 9.72. The lowest BCUT2D eigenvalue weighted by Crippen LogP contribution is -2.15. The normalized spacial score (nSPS) is 10.9. The van der Waals surface area contributed by atoms with E-state index in [1.165, 1.54) is 4.68 Å². The third-order valence-electron chi connectivity index (χ3n) is 4.33. The average Bonchev–Trinajstić information content (AvgIpc) is 3.37. The van der Waals surface area contributed by atoms with E-state index in [0.717, 1.165) is 10.0 Å². The molecule has 0 radical (unpaired) electrons. The monoisotopic (exact) mass is 553 g/mol. The van der Waals surface area contributed by atoms with Crippen molar-refractivity contribution in [2.24, 2.45) is 0 Å². The number of hydrogen-bond acceptors (Lipinski definition) is 4. The van der Waals surface area contributed by atoms with E-state index in [2.05, 4.69) is 31.4 Å².